The van der Waals surface area contributed by atoms with Crippen LogP contribution in [0.25, 0.3) is 16.5 Å². The van der Waals surface area contributed by atoms with Crippen molar-refractivity contribution in [3.05, 3.63) is 88.1 Å². The number of nitrogens with one attached hydrogen (secondary N) is 1. The van der Waals surface area contributed by atoms with E-state index in [1.807, 2.05) is 55.7 Å². The van der Waals surface area contributed by atoms with Crippen molar-refractivity contribution in [1.29, 1.82) is 0 Å². The van der Waals surface area contributed by atoms with E-state index in [9.17, 15) is 9.59 Å². The van der Waals surface area contributed by atoms with Crippen LogP contribution in [0.2, 0.25) is 0 Å². The molecule has 0 saturated heterocycles. The number of carbonyl (C=O) groups is 1. The Labute approximate surface area is 197 Å². The van der Waals surface area contributed by atoms with Gasteiger partial charge >= 0.3 is 0 Å². The van der Waals surface area contributed by atoms with E-state index in [0.29, 0.717) is 17.6 Å². The largest absolute Gasteiger partial charge is 0.354 e. The second-order valence-corrected chi connectivity index (χ2v) is 8.97. The standard InChI is InChI=1S/C26H28N4O2S/c1-17-23-16-28-30(21-8-6-5-7-9-21)26(32)24(23)18(2)29(17)19(3)25(31)27-15-14-20-10-12-22(33-4)13-11-20/h5-13,16,19H,14-15H2,1-4H3,(H,27,31)/t19-/m0/s1. The Kier molecular flexibility index (Phi) is 6.70. The molecule has 0 unspecified atom stereocenters. The average Bonchev–Trinajstić information content (AvgIpc) is 3.10. The number of fused-ring (bicyclic) bond motifs is 1. The van der Waals surface area contributed by atoms with Crippen molar-refractivity contribution in [2.24, 2.45) is 0 Å². The molecule has 0 aliphatic rings. The Morgan fingerprint density at radius 2 is 1.76 bits per heavy atom. The molecule has 0 aliphatic heterocycles. The summed E-state index contributed by atoms with van der Waals surface area (Å²) in [5, 5.41) is 8.80. The fourth-order valence-electron chi connectivity index (χ4n) is 4.30. The lowest BCUT2D eigenvalue weighted by atomic mass is 10.1. The van der Waals surface area contributed by atoms with Gasteiger partial charge in [0, 0.05) is 28.2 Å². The third-order valence-electron chi connectivity index (χ3n) is 6.09. The predicted molar refractivity (Wildman–Crippen MR) is 134 cm³/mol. The predicted octanol–water partition coefficient (Wildman–Crippen LogP) is 4.45. The summed E-state index contributed by atoms with van der Waals surface area (Å²) in [4.78, 5) is 27.4. The third-order valence-corrected chi connectivity index (χ3v) is 6.84. The summed E-state index contributed by atoms with van der Waals surface area (Å²) in [6, 6.07) is 17.3. The Bertz CT molecular complexity index is 1340. The first-order valence-electron chi connectivity index (χ1n) is 11.0. The van der Waals surface area contributed by atoms with Crippen LogP contribution in [0.15, 0.2) is 70.5 Å². The van der Waals surface area contributed by atoms with Gasteiger partial charge in [0.1, 0.15) is 6.04 Å². The highest BCUT2D eigenvalue weighted by Crippen LogP contribution is 2.26. The number of aryl methyl sites for hydroxylation is 2. The summed E-state index contributed by atoms with van der Waals surface area (Å²) < 4.78 is 3.35. The van der Waals surface area contributed by atoms with Crippen LogP contribution in [0.4, 0.5) is 0 Å². The van der Waals surface area contributed by atoms with Crippen molar-refractivity contribution in [2.45, 2.75) is 38.1 Å². The minimum atomic E-state index is -0.444. The highest BCUT2D eigenvalue weighted by atomic mass is 32.2. The Morgan fingerprint density at radius 3 is 2.42 bits per heavy atom. The van der Waals surface area contributed by atoms with Crippen molar-refractivity contribution in [2.75, 3.05) is 12.8 Å². The molecule has 7 heteroatoms. The molecule has 2 heterocycles. The van der Waals surface area contributed by atoms with E-state index in [0.717, 1.165) is 23.2 Å². The first-order chi connectivity index (χ1) is 15.9. The molecule has 0 saturated carbocycles. The first-order valence-corrected chi connectivity index (χ1v) is 12.2. The quantitative estimate of drug-likeness (QED) is 0.414. The number of amides is 1. The Balaban J connectivity index is 1.56. The zero-order valence-corrected chi connectivity index (χ0v) is 20.1. The molecule has 2 aromatic carbocycles. The number of para-hydroxylation sites is 1. The van der Waals surface area contributed by atoms with Crippen molar-refractivity contribution in [3.8, 4) is 5.69 Å². The van der Waals surface area contributed by atoms with E-state index in [1.165, 1.54) is 15.1 Å². The highest BCUT2D eigenvalue weighted by Gasteiger charge is 2.23. The monoisotopic (exact) mass is 460 g/mol. The van der Waals surface area contributed by atoms with E-state index in [-0.39, 0.29) is 11.5 Å². The molecule has 0 spiro atoms. The summed E-state index contributed by atoms with van der Waals surface area (Å²) in [5.41, 5.74) is 3.36. The minimum absolute atomic E-state index is 0.0708. The molecule has 2 aromatic heterocycles. The van der Waals surface area contributed by atoms with Crippen LogP contribution >= 0.6 is 11.8 Å². The molecule has 1 atom stereocenters. The van der Waals surface area contributed by atoms with Crippen LogP contribution < -0.4 is 10.9 Å². The number of benzene rings is 2. The lowest BCUT2D eigenvalue weighted by Gasteiger charge is -2.18. The molecule has 1 N–H and O–H groups in total. The molecule has 1 amide bonds. The van der Waals surface area contributed by atoms with E-state index in [4.69, 9.17) is 0 Å². The summed E-state index contributed by atoms with van der Waals surface area (Å²) in [7, 11) is 0. The number of thioether (sulfide) groups is 1. The molecule has 4 rings (SSSR count). The number of hydrogen-bond acceptors (Lipinski definition) is 4. The maximum Gasteiger partial charge on any atom is 0.281 e. The molecular weight excluding hydrogens is 432 g/mol. The van der Waals surface area contributed by atoms with Gasteiger partial charge < -0.3 is 9.88 Å². The summed E-state index contributed by atoms with van der Waals surface area (Å²) >= 11 is 1.71. The van der Waals surface area contributed by atoms with Crippen molar-refractivity contribution in [1.82, 2.24) is 19.7 Å². The van der Waals surface area contributed by atoms with Crippen LogP contribution in [0.3, 0.4) is 0 Å². The van der Waals surface area contributed by atoms with Crippen molar-refractivity contribution in [3.63, 3.8) is 0 Å². The van der Waals surface area contributed by atoms with Gasteiger partial charge in [-0.3, -0.25) is 9.59 Å². The fourth-order valence-corrected chi connectivity index (χ4v) is 4.71. The number of rotatable bonds is 7. The van der Waals surface area contributed by atoms with Crippen LogP contribution in [0, 0.1) is 13.8 Å². The van der Waals surface area contributed by atoms with E-state index in [2.05, 4.69) is 40.9 Å². The number of carbonyl (C=O) groups excluding carboxylic acids is 1. The van der Waals surface area contributed by atoms with Crippen molar-refractivity contribution >= 4 is 28.4 Å². The lowest BCUT2D eigenvalue weighted by molar-refractivity contribution is -0.123. The van der Waals surface area contributed by atoms with Gasteiger partial charge in [0.25, 0.3) is 5.56 Å². The molecule has 0 fully saturated rings. The van der Waals surface area contributed by atoms with Crippen LogP contribution in [-0.2, 0) is 11.2 Å². The molecule has 33 heavy (non-hydrogen) atoms. The topological polar surface area (TPSA) is 68.9 Å². The molecule has 0 bridgehead atoms. The third kappa shape index (κ3) is 4.46. The molecule has 6 nitrogen and oxygen atoms in total. The SMILES string of the molecule is CSc1ccc(CCNC(=O)[C@H](C)n2c(C)c3cnn(-c4ccccc4)c(=O)c3c2C)cc1. The average molecular weight is 461 g/mol. The highest BCUT2D eigenvalue weighted by molar-refractivity contribution is 7.98. The van der Waals surface area contributed by atoms with E-state index >= 15 is 0 Å². The molecule has 4 aromatic rings. The summed E-state index contributed by atoms with van der Waals surface area (Å²) in [5.74, 6) is -0.0708. The maximum atomic E-state index is 13.3. The van der Waals surface area contributed by atoms with Crippen LogP contribution in [0.1, 0.15) is 29.9 Å². The minimum Gasteiger partial charge on any atom is -0.354 e. The molecule has 0 radical (unpaired) electrons. The van der Waals surface area contributed by atoms with Gasteiger partial charge in [0.15, 0.2) is 0 Å². The maximum absolute atomic E-state index is 13.3. The molecular formula is C26H28N4O2S. The van der Waals surface area contributed by atoms with Gasteiger partial charge in [0.2, 0.25) is 5.91 Å². The van der Waals surface area contributed by atoms with Gasteiger partial charge in [-0.05, 0) is 63.3 Å². The zero-order chi connectivity index (χ0) is 23.5. The van der Waals surface area contributed by atoms with Crippen molar-refractivity contribution < 1.29 is 4.79 Å². The summed E-state index contributed by atoms with van der Waals surface area (Å²) in [6.07, 6.45) is 4.54. The van der Waals surface area contributed by atoms with Crippen LogP contribution in [0.5, 0.6) is 0 Å². The second-order valence-electron chi connectivity index (χ2n) is 8.09. The van der Waals surface area contributed by atoms with Gasteiger partial charge in [-0.1, -0.05) is 30.3 Å². The second kappa shape index (κ2) is 9.67. The van der Waals surface area contributed by atoms with Gasteiger partial charge in [-0.25, -0.2) is 0 Å². The fraction of sp³-hybridized carbons (Fsp3) is 0.269. The number of hydrogen-bond donors (Lipinski definition) is 1. The summed E-state index contributed by atoms with van der Waals surface area (Å²) in [6.45, 7) is 6.25. The number of nitrogens with zero attached hydrogens (tertiary/aromatic N) is 3. The Morgan fingerprint density at radius 1 is 1.06 bits per heavy atom. The van der Waals surface area contributed by atoms with Crippen LogP contribution in [-0.4, -0.2) is 33.1 Å². The first kappa shape index (κ1) is 22.9. The van der Waals surface area contributed by atoms with Gasteiger partial charge in [-0.2, -0.15) is 9.78 Å². The number of aromatic nitrogens is 3. The molecule has 170 valence electrons. The smallest absolute Gasteiger partial charge is 0.281 e. The van der Waals surface area contributed by atoms with Gasteiger partial charge in [-0.15, -0.1) is 11.8 Å². The Hall–Kier alpha value is -3.32. The van der Waals surface area contributed by atoms with E-state index in [1.54, 1.807) is 18.0 Å². The lowest BCUT2D eigenvalue weighted by Crippen LogP contribution is -2.33. The zero-order valence-electron chi connectivity index (χ0n) is 19.3. The van der Waals surface area contributed by atoms with Gasteiger partial charge in [0.05, 0.1) is 17.3 Å². The van der Waals surface area contributed by atoms with E-state index < -0.39 is 6.04 Å². The molecule has 0 aliphatic carbocycles. The normalized spacial score (nSPS) is 12.1.